The van der Waals surface area contributed by atoms with Crippen molar-refractivity contribution in [3.8, 4) is 0 Å². The Hall–Kier alpha value is -2.08. The first-order valence-corrected chi connectivity index (χ1v) is 8.96. The lowest BCUT2D eigenvalue weighted by atomic mass is 9.96. The third-order valence-corrected chi connectivity index (χ3v) is 4.66. The van der Waals surface area contributed by atoms with Gasteiger partial charge in [-0.05, 0) is 30.2 Å². The molecule has 0 bridgehead atoms. The van der Waals surface area contributed by atoms with E-state index in [0.29, 0.717) is 32.2 Å². The van der Waals surface area contributed by atoms with Crippen molar-refractivity contribution in [2.45, 2.75) is 39.3 Å². The average molecular weight is 347 g/mol. The van der Waals surface area contributed by atoms with Crippen LogP contribution in [0.15, 0.2) is 30.3 Å². The maximum absolute atomic E-state index is 12.1. The van der Waals surface area contributed by atoms with Gasteiger partial charge in [0.05, 0.1) is 6.04 Å². The molecule has 3 N–H and O–H groups in total. The fourth-order valence-corrected chi connectivity index (χ4v) is 2.80. The summed E-state index contributed by atoms with van der Waals surface area (Å²) in [5, 5.41) is 2.93. The Labute approximate surface area is 149 Å². The molecule has 1 aliphatic rings. The number of likely N-dealkylation sites (tertiary alicyclic amines) is 1. The molecule has 6 heteroatoms. The number of nitrogens with one attached hydrogen (secondary N) is 1. The number of nitrogens with zero attached hydrogens (tertiary/aromatic N) is 1. The first-order chi connectivity index (χ1) is 12.0. The lowest BCUT2D eigenvalue weighted by Gasteiger charge is -2.31. The van der Waals surface area contributed by atoms with E-state index in [9.17, 15) is 9.59 Å². The number of hydrogen-bond acceptors (Lipinski definition) is 4. The summed E-state index contributed by atoms with van der Waals surface area (Å²) in [6.45, 7) is 6.09. The Morgan fingerprint density at radius 2 is 1.88 bits per heavy atom. The highest BCUT2D eigenvalue weighted by molar-refractivity contribution is 5.81. The average Bonchev–Trinajstić information content (AvgIpc) is 2.64. The SMILES string of the molecule is CC(C)C(N)C(=O)NCC1CCN(C(=O)OCc2ccccc2)CC1. The van der Waals surface area contributed by atoms with Crippen LogP contribution in [-0.4, -0.2) is 42.6 Å². The van der Waals surface area contributed by atoms with Gasteiger partial charge in [0.25, 0.3) is 0 Å². The molecule has 1 aromatic carbocycles. The number of ether oxygens (including phenoxy) is 1. The molecular formula is C19H29N3O3. The van der Waals surface area contributed by atoms with Crippen LogP contribution in [0.2, 0.25) is 0 Å². The summed E-state index contributed by atoms with van der Waals surface area (Å²) >= 11 is 0. The third-order valence-electron chi connectivity index (χ3n) is 4.66. The van der Waals surface area contributed by atoms with E-state index in [1.165, 1.54) is 0 Å². The fourth-order valence-electron chi connectivity index (χ4n) is 2.80. The summed E-state index contributed by atoms with van der Waals surface area (Å²) in [7, 11) is 0. The van der Waals surface area contributed by atoms with Crippen molar-refractivity contribution >= 4 is 12.0 Å². The molecule has 2 rings (SSSR count). The number of piperidine rings is 1. The first kappa shape index (κ1) is 19.2. The minimum Gasteiger partial charge on any atom is -0.445 e. The van der Waals surface area contributed by atoms with Gasteiger partial charge in [-0.25, -0.2) is 4.79 Å². The molecule has 1 aliphatic heterocycles. The number of hydrogen-bond donors (Lipinski definition) is 2. The van der Waals surface area contributed by atoms with Crippen LogP contribution < -0.4 is 11.1 Å². The smallest absolute Gasteiger partial charge is 0.410 e. The van der Waals surface area contributed by atoms with E-state index < -0.39 is 6.04 Å². The molecule has 1 atom stereocenters. The van der Waals surface area contributed by atoms with Crippen molar-refractivity contribution in [3.05, 3.63) is 35.9 Å². The van der Waals surface area contributed by atoms with E-state index in [-0.39, 0.29) is 17.9 Å². The van der Waals surface area contributed by atoms with Crippen LogP contribution in [0.4, 0.5) is 4.79 Å². The Kier molecular flexibility index (Phi) is 7.25. The van der Waals surface area contributed by atoms with Gasteiger partial charge < -0.3 is 20.7 Å². The zero-order valence-electron chi connectivity index (χ0n) is 15.1. The third kappa shape index (κ3) is 6.05. The zero-order chi connectivity index (χ0) is 18.2. The Morgan fingerprint density at radius 3 is 2.48 bits per heavy atom. The van der Waals surface area contributed by atoms with Gasteiger partial charge in [-0.15, -0.1) is 0 Å². The van der Waals surface area contributed by atoms with Gasteiger partial charge in [0.15, 0.2) is 0 Å². The molecule has 25 heavy (non-hydrogen) atoms. The highest BCUT2D eigenvalue weighted by Crippen LogP contribution is 2.17. The maximum atomic E-state index is 12.1. The number of carbonyl (C=O) groups excluding carboxylic acids is 2. The van der Waals surface area contributed by atoms with Gasteiger partial charge in [0.1, 0.15) is 6.61 Å². The van der Waals surface area contributed by atoms with Gasteiger partial charge in [-0.2, -0.15) is 0 Å². The molecule has 0 aliphatic carbocycles. The molecule has 1 aromatic rings. The van der Waals surface area contributed by atoms with Crippen molar-refractivity contribution in [1.82, 2.24) is 10.2 Å². The lowest BCUT2D eigenvalue weighted by Crippen LogP contribution is -2.47. The Balaban J connectivity index is 1.67. The van der Waals surface area contributed by atoms with Crippen molar-refractivity contribution in [1.29, 1.82) is 0 Å². The molecule has 0 spiro atoms. The number of rotatable bonds is 6. The van der Waals surface area contributed by atoms with E-state index in [1.807, 2.05) is 44.2 Å². The molecule has 138 valence electrons. The standard InChI is InChI=1S/C19H29N3O3/c1-14(2)17(20)18(23)21-12-15-8-10-22(11-9-15)19(24)25-13-16-6-4-3-5-7-16/h3-7,14-15,17H,8-13,20H2,1-2H3,(H,21,23). The number of amides is 2. The van der Waals surface area contributed by atoms with Crippen molar-refractivity contribution < 1.29 is 14.3 Å². The summed E-state index contributed by atoms with van der Waals surface area (Å²) in [5.41, 5.74) is 6.82. The summed E-state index contributed by atoms with van der Waals surface area (Å²) in [6, 6.07) is 9.19. The van der Waals surface area contributed by atoms with Gasteiger partial charge in [-0.1, -0.05) is 44.2 Å². The Morgan fingerprint density at radius 1 is 1.24 bits per heavy atom. The second-order valence-corrected chi connectivity index (χ2v) is 6.99. The molecule has 0 aromatic heterocycles. The van der Waals surface area contributed by atoms with Crippen molar-refractivity contribution in [2.75, 3.05) is 19.6 Å². The van der Waals surface area contributed by atoms with Crippen LogP contribution in [0.5, 0.6) is 0 Å². The minimum atomic E-state index is -0.465. The molecule has 1 heterocycles. The van der Waals surface area contributed by atoms with Crippen LogP contribution in [-0.2, 0) is 16.1 Å². The molecule has 6 nitrogen and oxygen atoms in total. The highest BCUT2D eigenvalue weighted by atomic mass is 16.6. The largest absolute Gasteiger partial charge is 0.445 e. The monoisotopic (exact) mass is 347 g/mol. The zero-order valence-corrected chi connectivity index (χ0v) is 15.1. The minimum absolute atomic E-state index is 0.0975. The van der Waals surface area contributed by atoms with Crippen LogP contribution in [0.25, 0.3) is 0 Å². The summed E-state index contributed by atoms with van der Waals surface area (Å²) in [5.74, 6) is 0.405. The summed E-state index contributed by atoms with van der Waals surface area (Å²) < 4.78 is 5.36. The summed E-state index contributed by atoms with van der Waals surface area (Å²) in [4.78, 5) is 25.8. The van der Waals surface area contributed by atoms with Crippen LogP contribution in [0.1, 0.15) is 32.3 Å². The molecular weight excluding hydrogens is 318 g/mol. The number of carbonyl (C=O) groups is 2. The number of benzene rings is 1. The molecule has 1 fully saturated rings. The predicted molar refractivity (Wildman–Crippen MR) is 96.7 cm³/mol. The maximum Gasteiger partial charge on any atom is 0.410 e. The van der Waals surface area contributed by atoms with E-state index in [4.69, 9.17) is 10.5 Å². The quantitative estimate of drug-likeness (QED) is 0.826. The highest BCUT2D eigenvalue weighted by Gasteiger charge is 2.25. The van der Waals surface area contributed by atoms with E-state index >= 15 is 0 Å². The molecule has 1 unspecified atom stereocenters. The number of nitrogens with two attached hydrogens (primary N) is 1. The molecule has 0 saturated carbocycles. The van der Waals surface area contributed by atoms with Gasteiger partial charge in [0, 0.05) is 19.6 Å². The summed E-state index contributed by atoms with van der Waals surface area (Å²) in [6.07, 6.45) is 1.45. The topological polar surface area (TPSA) is 84.7 Å². The van der Waals surface area contributed by atoms with Crippen molar-refractivity contribution in [3.63, 3.8) is 0 Å². The van der Waals surface area contributed by atoms with Gasteiger partial charge >= 0.3 is 6.09 Å². The molecule has 2 amide bonds. The van der Waals surface area contributed by atoms with Crippen LogP contribution in [0.3, 0.4) is 0 Å². The predicted octanol–water partition coefficient (Wildman–Crippen LogP) is 2.13. The van der Waals surface area contributed by atoms with Crippen molar-refractivity contribution in [2.24, 2.45) is 17.6 Å². The first-order valence-electron chi connectivity index (χ1n) is 8.96. The van der Waals surface area contributed by atoms with Gasteiger partial charge in [0.2, 0.25) is 5.91 Å². The van der Waals surface area contributed by atoms with Gasteiger partial charge in [-0.3, -0.25) is 4.79 Å². The van der Waals surface area contributed by atoms with Crippen LogP contribution in [0, 0.1) is 11.8 Å². The van der Waals surface area contributed by atoms with E-state index in [2.05, 4.69) is 5.32 Å². The lowest BCUT2D eigenvalue weighted by molar-refractivity contribution is -0.123. The molecule has 1 saturated heterocycles. The van der Waals surface area contributed by atoms with E-state index in [0.717, 1.165) is 18.4 Å². The second-order valence-electron chi connectivity index (χ2n) is 6.99. The van der Waals surface area contributed by atoms with Crippen LogP contribution >= 0.6 is 0 Å². The van der Waals surface area contributed by atoms with E-state index in [1.54, 1.807) is 4.90 Å². The normalized spacial score (nSPS) is 16.6. The fraction of sp³-hybridized carbons (Fsp3) is 0.579. The Bertz CT molecular complexity index is 554. The second kappa shape index (κ2) is 9.42. The molecule has 0 radical (unpaired) electrons.